The third kappa shape index (κ3) is 3.92. The molecule has 1 aromatic heterocycles. The predicted molar refractivity (Wildman–Crippen MR) is 96.2 cm³/mol. The summed E-state index contributed by atoms with van der Waals surface area (Å²) in [4.78, 5) is 4.42. The Morgan fingerprint density at radius 2 is 1.73 bits per heavy atom. The van der Waals surface area contributed by atoms with E-state index in [1.165, 1.54) is 19.2 Å². The van der Waals surface area contributed by atoms with E-state index in [-0.39, 0.29) is 10.8 Å². The molecule has 1 atom stereocenters. The zero-order chi connectivity index (χ0) is 18.7. The largest absolute Gasteiger partial charge is 0.497 e. The van der Waals surface area contributed by atoms with Crippen LogP contribution in [-0.2, 0) is 10.0 Å². The summed E-state index contributed by atoms with van der Waals surface area (Å²) in [6, 6.07) is 13.1. The van der Waals surface area contributed by atoms with E-state index in [1.807, 2.05) is 31.2 Å². The maximum absolute atomic E-state index is 12.5. The first-order chi connectivity index (χ1) is 12.4. The average Bonchev–Trinajstić information content (AvgIpc) is 3.12. The Kier molecular flexibility index (Phi) is 5.06. The molecule has 8 heteroatoms. The average molecular weight is 373 g/mol. The number of hydrogen-bond acceptors (Lipinski definition) is 6. The first kappa shape index (κ1) is 18.1. The highest BCUT2D eigenvalue weighted by Gasteiger charge is 2.22. The molecule has 0 bridgehead atoms. The quantitative estimate of drug-likeness (QED) is 0.713. The molecule has 0 aliphatic carbocycles. The minimum Gasteiger partial charge on any atom is -0.497 e. The summed E-state index contributed by atoms with van der Waals surface area (Å²) in [6.07, 6.45) is 0. The molecule has 1 heterocycles. The molecule has 0 unspecified atom stereocenters. The van der Waals surface area contributed by atoms with E-state index < -0.39 is 16.1 Å². The van der Waals surface area contributed by atoms with Gasteiger partial charge in [0.25, 0.3) is 0 Å². The van der Waals surface area contributed by atoms with Gasteiger partial charge in [0.2, 0.25) is 21.7 Å². The van der Waals surface area contributed by atoms with Crippen molar-refractivity contribution in [2.45, 2.75) is 24.8 Å². The second-order valence-electron chi connectivity index (χ2n) is 5.84. The van der Waals surface area contributed by atoms with Gasteiger partial charge < -0.3 is 9.26 Å². The Bertz CT molecular complexity index is 980. The maximum Gasteiger partial charge on any atom is 0.244 e. The van der Waals surface area contributed by atoms with Crippen LogP contribution in [0, 0.1) is 6.92 Å². The van der Waals surface area contributed by atoms with Gasteiger partial charge in [0, 0.05) is 5.56 Å². The second-order valence-corrected chi connectivity index (χ2v) is 7.55. The summed E-state index contributed by atoms with van der Waals surface area (Å²) < 4.78 is 37.8. The highest BCUT2D eigenvalue weighted by molar-refractivity contribution is 7.89. The summed E-state index contributed by atoms with van der Waals surface area (Å²) in [5, 5.41) is 3.93. The van der Waals surface area contributed by atoms with Gasteiger partial charge >= 0.3 is 0 Å². The van der Waals surface area contributed by atoms with Gasteiger partial charge in [-0.2, -0.15) is 9.71 Å². The SMILES string of the molecule is COc1ccc(S(=O)(=O)N[C@H](C)c2nc(-c3ccc(C)cc3)no2)cc1. The van der Waals surface area contributed by atoms with Gasteiger partial charge in [-0.1, -0.05) is 35.0 Å². The summed E-state index contributed by atoms with van der Waals surface area (Å²) in [5.74, 6) is 1.18. The van der Waals surface area contributed by atoms with Gasteiger partial charge in [0.05, 0.1) is 18.0 Å². The number of aryl methyl sites for hydroxylation is 1. The second kappa shape index (κ2) is 7.27. The Hall–Kier alpha value is -2.71. The first-order valence-electron chi connectivity index (χ1n) is 7.96. The predicted octanol–water partition coefficient (Wildman–Crippen LogP) is 3.09. The number of methoxy groups -OCH3 is 1. The van der Waals surface area contributed by atoms with E-state index in [9.17, 15) is 8.42 Å². The lowest BCUT2D eigenvalue weighted by Gasteiger charge is -2.11. The molecule has 0 spiro atoms. The monoisotopic (exact) mass is 373 g/mol. The molecule has 3 rings (SSSR count). The first-order valence-corrected chi connectivity index (χ1v) is 9.44. The number of benzene rings is 2. The van der Waals surface area contributed by atoms with Crippen LogP contribution in [0.25, 0.3) is 11.4 Å². The lowest BCUT2D eigenvalue weighted by molar-refractivity contribution is 0.354. The van der Waals surface area contributed by atoms with Crippen molar-refractivity contribution in [3.8, 4) is 17.1 Å². The van der Waals surface area contributed by atoms with Crippen molar-refractivity contribution in [3.05, 3.63) is 60.0 Å². The van der Waals surface area contributed by atoms with Crippen molar-refractivity contribution >= 4 is 10.0 Å². The van der Waals surface area contributed by atoms with Crippen LogP contribution in [0.1, 0.15) is 24.4 Å². The number of ether oxygens (including phenoxy) is 1. The number of aromatic nitrogens is 2. The molecule has 3 aromatic rings. The van der Waals surface area contributed by atoms with E-state index in [0.29, 0.717) is 11.6 Å². The number of nitrogens with one attached hydrogen (secondary N) is 1. The molecule has 136 valence electrons. The molecule has 1 N–H and O–H groups in total. The molecule has 0 aliphatic heterocycles. The molecule has 2 aromatic carbocycles. The van der Waals surface area contributed by atoms with E-state index in [1.54, 1.807) is 19.1 Å². The molecule has 0 radical (unpaired) electrons. The summed E-state index contributed by atoms with van der Waals surface area (Å²) >= 11 is 0. The third-order valence-electron chi connectivity index (χ3n) is 3.82. The van der Waals surface area contributed by atoms with Crippen molar-refractivity contribution < 1.29 is 17.7 Å². The van der Waals surface area contributed by atoms with E-state index in [0.717, 1.165) is 11.1 Å². The van der Waals surface area contributed by atoms with Crippen molar-refractivity contribution in [2.75, 3.05) is 7.11 Å². The van der Waals surface area contributed by atoms with E-state index >= 15 is 0 Å². The van der Waals surface area contributed by atoms with E-state index in [4.69, 9.17) is 9.26 Å². The van der Waals surface area contributed by atoms with Crippen LogP contribution in [0.15, 0.2) is 57.9 Å². The van der Waals surface area contributed by atoms with Crippen molar-refractivity contribution in [2.24, 2.45) is 0 Å². The Balaban J connectivity index is 1.76. The molecule has 0 amide bonds. The van der Waals surface area contributed by atoms with Crippen molar-refractivity contribution in [1.29, 1.82) is 0 Å². The molecule has 0 aliphatic rings. The van der Waals surface area contributed by atoms with Crippen LogP contribution < -0.4 is 9.46 Å². The van der Waals surface area contributed by atoms with Crippen LogP contribution in [0.4, 0.5) is 0 Å². The topological polar surface area (TPSA) is 94.3 Å². The van der Waals surface area contributed by atoms with Gasteiger partial charge in [-0.15, -0.1) is 0 Å². The zero-order valence-corrected chi connectivity index (χ0v) is 15.4. The van der Waals surface area contributed by atoms with Gasteiger partial charge in [-0.05, 0) is 38.1 Å². The Morgan fingerprint density at radius 1 is 1.08 bits per heavy atom. The highest BCUT2D eigenvalue weighted by atomic mass is 32.2. The lowest BCUT2D eigenvalue weighted by atomic mass is 10.1. The minimum atomic E-state index is -3.73. The van der Waals surface area contributed by atoms with Gasteiger partial charge in [-0.3, -0.25) is 0 Å². The molecule has 0 saturated carbocycles. The number of hydrogen-bond donors (Lipinski definition) is 1. The lowest BCUT2D eigenvalue weighted by Crippen LogP contribution is -2.27. The fourth-order valence-corrected chi connectivity index (χ4v) is 3.53. The third-order valence-corrected chi connectivity index (χ3v) is 5.38. The number of nitrogens with zero attached hydrogens (tertiary/aromatic N) is 2. The van der Waals surface area contributed by atoms with Gasteiger partial charge in [-0.25, -0.2) is 8.42 Å². The van der Waals surface area contributed by atoms with Crippen molar-refractivity contribution in [3.63, 3.8) is 0 Å². The Morgan fingerprint density at radius 3 is 2.35 bits per heavy atom. The number of sulfonamides is 1. The summed E-state index contributed by atoms with van der Waals surface area (Å²) in [5.41, 5.74) is 1.92. The fraction of sp³-hybridized carbons (Fsp3) is 0.222. The van der Waals surface area contributed by atoms with Crippen LogP contribution in [-0.4, -0.2) is 25.7 Å². The molecule has 0 saturated heterocycles. The van der Waals surface area contributed by atoms with Crippen LogP contribution in [0.5, 0.6) is 5.75 Å². The standard InChI is InChI=1S/C18H19N3O4S/c1-12-4-6-14(7-5-12)17-19-18(25-20-17)13(2)21-26(22,23)16-10-8-15(24-3)9-11-16/h4-11,13,21H,1-3H3/t13-/m1/s1. The fourth-order valence-electron chi connectivity index (χ4n) is 2.34. The smallest absolute Gasteiger partial charge is 0.244 e. The van der Waals surface area contributed by atoms with Crippen LogP contribution in [0.3, 0.4) is 0 Å². The van der Waals surface area contributed by atoms with Gasteiger partial charge in [0.15, 0.2) is 0 Å². The summed E-state index contributed by atoms with van der Waals surface area (Å²) in [6.45, 7) is 3.63. The molecule has 0 fully saturated rings. The zero-order valence-electron chi connectivity index (χ0n) is 14.6. The maximum atomic E-state index is 12.5. The number of rotatable bonds is 6. The van der Waals surface area contributed by atoms with Crippen molar-refractivity contribution in [1.82, 2.24) is 14.9 Å². The van der Waals surface area contributed by atoms with E-state index in [2.05, 4.69) is 14.9 Å². The molecule has 26 heavy (non-hydrogen) atoms. The Labute approximate surface area is 152 Å². The highest BCUT2D eigenvalue weighted by Crippen LogP contribution is 2.21. The minimum absolute atomic E-state index is 0.128. The van der Waals surface area contributed by atoms with Crippen LogP contribution >= 0.6 is 0 Å². The molecular weight excluding hydrogens is 354 g/mol. The summed E-state index contributed by atoms with van der Waals surface area (Å²) in [7, 11) is -2.21. The molecule has 7 nitrogen and oxygen atoms in total. The van der Waals surface area contributed by atoms with Crippen LogP contribution in [0.2, 0.25) is 0 Å². The normalized spacial score (nSPS) is 12.7. The van der Waals surface area contributed by atoms with Gasteiger partial charge in [0.1, 0.15) is 5.75 Å². The molecular formula is C18H19N3O4S.